The lowest BCUT2D eigenvalue weighted by Gasteiger charge is -2.14. The monoisotopic (exact) mass is 264 g/mol. The average Bonchev–Trinajstić information content (AvgIpc) is 2.41. The first-order valence-corrected chi connectivity index (χ1v) is 7.40. The molecule has 1 aromatic rings. The van der Waals surface area contributed by atoms with Gasteiger partial charge in [-0.1, -0.05) is 26.3 Å². The third kappa shape index (κ3) is 6.06. The zero-order valence-corrected chi connectivity index (χ0v) is 12.9. The molecule has 1 heterocycles. The van der Waals surface area contributed by atoms with E-state index in [1.807, 2.05) is 12.3 Å². The van der Waals surface area contributed by atoms with Crippen molar-refractivity contribution >= 4 is 0 Å². The van der Waals surface area contributed by atoms with Gasteiger partial charge in [-0.3, -0.25) is 0 Å². The van der Waals surface area contributed by atoms with Crippen LogP contribution in [-0.2, 0) is 0 Å². The minimum atomic E-state index is 0.639. The maximum absolute atomic E-state index is 5.65. The van der Waals surface area contributed by atoms with Crippen molar-refractivity contribution in [2.45, 2.75) is 45.4 Å². The molecule has 19 heavy (non-hydrogen) atoms. The molecular formula is C16H28N2O. The van der Waals surface area contributed by atoms with Crippen molar-refractivity contribution in [3.05, 3.63) is 23.9 Å². The zero-order valence-electron chi connectivity index (χ0n) is 12.9. The van der Waals surface area contributed by atoms with Gasteiger partial charge in [0.05, 0.1) is 6.61 Å². The van der Waals surface area contributed by atoms with E-state index < -0.39 is 0 Å². The van der Waals surface area contributed by atoms with Crippen LogP contribution >= 0.6 is 0 Å². The fraction of sp³-hybridized carbons (Fsp3) is 0.688. The highest BCUT2D eigenvalue weighted by molar-refractivity contribution is 5.21. The van der Waals surface area contributed by atoms with E-state index in [-0.39, 0.29) is 0 Å². The summed E-state index contributed by atoms with van der Waals surface area (Å²) in [4.78, 5) is 6.57. The Morgan fingerprint density at radius 3 is 2.58 bits per heavy atom. The second-order valence-electron chi connectivity index (χ2n) is 5.33. The molecule has 0 saturated heterocycles. The minimum Gasteiger partial charge on any atom is -0.478 e. The molecule has 3 heteroatoms. The van der Waals surface area contributed by atoms with E-state index in [4.69, 9.17) is 4.74 Å². The van der Waals surface area contributed by atoms with E-state index >= 15 is 0 Å². The van der Waals surface area contributed by atoms with E-state index in [9.17, 15) is 0 Å². The molecule has 0 radical (unpaired) electrons. The van der Waals surface area contributed by atoms with Crippen LogP contribution in [0.5, 0.6) is 5.88 Å². The first-order valence-electron chi connectivity index (χ1n) is 7.40. The van der Waals surface area contributed by atoms with Crippen LogP contribution in [0.1, 0.15) is 51.0 Å². The maximum Gasteiger partial charge on any atom is 0.213 e. The van der Waals surface area contributed by atoms with Crippen LogP contribution < -0.4 is 4.74 Å². The Kier molecular flexibility index (Phi) is 7.49. The lowest BCUT2D eigenvalue weighted by molar-refractivity contribution is 0.273. The van der Waals surface area contributed by atoms with Crippen LogP contribution in [-0.4, -0.2) is 37.1 Å². The Hall–Kier alpha value is -1.09. The number of pyridine rings is 1. The molecular weight excluding hydrogens is 236 g/mol. The summed E-state index contributed by atoms with van der Waals surface area (Å²) in [6.45, 7) is 6.26. The largest absolute Gasteiger partial charge is 0.478 e. The Morgan fingerprint density at radius 2 is 2.05 bits per heavy atom. The summed E-state index contributed by atoms with van der Waals surface area (Å²) in [5, 5.41) is 0. The Balaban J connectivity index is 2.42. The second kappa shape index (κ2) is 8.92. The molecule has 0 saturated carbocycles. The maximum atomic E-state index is 5.65. The highest BCUT2D eigenvalue weighted by Gasteiger charge is 2.08. The predicted octanol–water partition coefficient (Wildman–Crippen LogP) is 3.71. The SMILES string of the molecule is CCCC(CC)c1ccc(OCCCN(C)C)nc1. The molecule has 1 unspecified atom stereocenters. The van der Waals surface area contributed by atoms with E-state index in [1.165, 1.54) is 24.8 Å². The van der Waals surface area contributed by atoms with Crippen molar-refractivity contribution in [3.8, 4) is 5.88 Å². The van der Waals surface area contributed by atoms with Crippen LogP contribution in [0.15, 0.2) is 18.3 Å². The number of ether oxygens (including phenoxy) is 1. The van der Waals surface area contributed by atoms with Gasteiger partial charge in [0, 0.05) is 18.8 Å². The molecule has 0 amide bonds. The molecule has 0 aliphatic rings. The molecule has 0 spiro atoms. The van der Waals surface area contributed by atoms with Gasteiger partial charge in [-0.25, -0.2) is 4.98 Å². The quantitative estimate of drug-likeness (QED) is 0.636. The highest BCUT2D eigenvalue weighted by atomic mass is 16.5. The molecule has 1 aromatic heterocycles. The summed E-state index contributed by atoms with van der Waals surface area (Å²) in [6, 6.07) is 4.17. The first-order chi connectivity index (χ1) is 9.17. The summed E-state index contributed by atoms with van der Waals surface area (Å²) in [6.07, 6.45) is 6.65. The van der Waals surface area contributed by atoms with Gasteiger partial charge in [-0.05, 0) is 44.8 Å². The Morgan fingerprint density at radius 1 is 1.26 bits per heavy atom. The molecule has 1 rings (SSSR count). The van der Waals surface area contributed by atoms with Crippen molar-refractivity contribution in [3.63, 3.8) is 0 Å². The van der Waals surface area contributed by atoms with Crippen LogP contribution in [0.3, 0.4) is 0 Å². The number of aromatic nitrogens is 1. The van der Waals surface area contributed by atoms with Crippen molar-refractivity contribution in [1.29, 1.82) is 0 Å². The predicted molar refractivity (Wildman–Crippen MR) is 80.8 cm³/mol. The highest BCUT2D eigenvalue weighted by Crippen LogP contribution is 2.24. The van der Waals surface area contributed by atoms with Gasteiger partial charge in [0.25, 0.3) is 0 Å². The van der Waals surface area contributed by atoms with Gasteiger partial charge in [0.1, 0.15) is 0 Å². The smallest absolute Gasteiger partial charge is 0.213 e. The van der Waals surface area contributed by atoms with Crippen LogP contribution in [0.4, 0.5) is 0 Å². The van der Waals surface area contributed by atoms with Gasteiger partial charge < -0.3 is 9.64 Å². The van der Waals surface area contributed by atoms with Crippen molar-refractivity contribution < 1.29 is 4.74 Å². The Labute approximate surface area is 118 Å². The number of rotatable bonds is 9. The lowest BCUT2D eigenvalue weighted by Crippen LogP contribution is -2.15. The van der Waals surface area contributed by atoms with E-state index in [0.717, 1.165) is 25.5 Å². The molecule has 0 aromatic carbocycles. The summed E-state index contributed by atoms with van der Waals surface area (Å²) >= 11 is 0. The molecule has 108 valence electrons. The van der Waals surface area contributed by atoms with Crippen molar-refractivity contribution in [2.75, 3.05) is 27.2 Å². The first kappa shape index (κ1) is 16.0. The molecule has 0 bridgehead atoms. The van der Waals surface area contributed by atoms with Gasteiger partial charge in [0.2, 0.25) is 5.88 Å². The fourth-order valence-corrected chi connectivity index (χ4v) is 2.23. The van der Waals surface area contributed by atoms with E-state index in [2.05, 4.69) is 43.9 Å². The van der Waals surface area contributed by atoms with Gasteiger partial charge >= 0.3 is 0 Å². The summed E-state index contributed by atoms with van der Waals surface area (Å²) in [7, 11) is 4.15. The number of hydrogen-bond donors (Lipinski definition) is 0. The summed E-state index contributed by atoms with van der Waals surface area (Å²) < 4.78 is 5.65. The normalized spacial score (nSPS) is 12.7. The molecule has 0 aliphatic carbocycles. The molecule has 0 N–H and O–H groups in total. The summed E-state index contributed by atoms with van der Waals surface area (Å²) in [5.41, 5.74) is 1.34. The lowest BCUT2D eigenvalue weighted by atomic mass is 9.93. The molecule has 0 fully saturated rings. The van der Waals surface area contributed by atoms with Gasteiger partial charge in [-0.2, -0.15) is 0 Å². The summed E-state index contributed by atoms with van der Waals surface area (Å²) in [5.74, 6) is 1.38. The van der Waals surface area contributed by atoms with E-state index in [1.54, 1.807) is 0 Å². The van der Waals surface area contributed by atoms with Crippen LogP contribution in [0, 0.1) is 0 Å². The van der Waals surface area contributed by atoms with Crippen molar-refractivity contribution in [2.24, 2.45) is 0 Å². The molecule has 0 aliphatic heterocycles. The number of nitrogens with zero attached hydrogens (tertiary/aromatic N) is 2. The second-order valence-corrected chi connectivity index (χ2v) is 5.33. The molecule has 1 atom stereocenters. The minimum absolute atomic E-state index is 0.639. The standard InChI is InChI=1S/C16H28N2O/c1-5-8-14(6-2)15-9-10-16(17-13-15)19-12-7-11-18(3)4/h9-10,13-14H,5-8,11-12H2,1-4H3. The van der Waals surface area contributed by atoms with Crippen LogP contribution in [0.25, 0.3) is 0 Å². The van der Waals surface area contributed by atoms with E-state index in [0.29, 0.717) is 5.92 Å². The van der Waals surface area contributed by atoms with Crippen LogP contribution in [0.2, 0.25) is 0 Å². The molecule has 3 nitrogen and oxygen atoms in total. The number of hydrogen-bond acceptors (Lipinski definition) is 3. The topological polar surface area (TPSA) is 25.4 Å². The average molecular weight is 264 g/mol. The fourth-order valence-electron chi connectivity index (χ4n) is 2.23. The van der Waals surface area contributed by atoms with Crippen molar-refractivity contribution in [1.82, 2.24) is 9.88 Å². The third-order valence-corrected chi connectivity index (χ3v) is 3.36. The van der Waals surface area contributed by atoms with Gasteiger partial charge in [0.15, 0.2) is 0 Å². The zero-order chi connectivity index (χ0) is 14.1. The van der Waals surface area contributed by atoms with Gasteiger partial charge in [-0.15, -0.1) is 0 Å². The third-order valence-electron chi connectivity index (χ3n) is 3.36. The Bertz CT molecular complexity index is 335.